The van der Waals surface area contributed by atoms with Crippen LogP contribution < -0.4 is 5.73 Å². The highest BCUT2D eigenvalue weighted by molar-refractivity contribution is 14.1. The zero-order valence-electron chi connectivity index (χ0n) is 7.88. The Morgan fingerprint density at radius 1 is 1.54 bits per heavy atom. The lowest BCUT2D eigenvalue weighted by molar-refractivity contribution is 0.180. The molecule has 0 aliphatic heterocycles. The molecule has 3 heteroatoms. The van der Waals surface area contributed by atoms with Crippen molar-refractivity contribution < 1.29 is 4.74 Å². The Kier molecular flexibility index (Phi) is 4.15. The molecule has 13 heavy (non-hydrogen) atoms. The third kappa shape index (κ3) is 2.65. The summed E-state index contributed by atoms with van der Waals surface area (Å²) in [5.74, 6) is 0. The Labute approximate surface area is 92.6 Å². The normalized spacial score (nSPS) is 12.9. The van der Waals surface area contributed by atoms with E-state index in [9.17, 15) is 0 Å². The first-order chi connectivity index (χ1) is 6.16. The van der Waals surface area contributed by atoms with Crippen molar-refractivity contribution in [1.29, 1.82) is 0 Å². The molecule has 0 bridgehead atoms. The third-order valence-corrected chi connectivity index (χ3v) is 3.22. The molecule has 0 saturated heterocycles. The summed E-state index contributed by atoms with van der Waals surface area (Å²) in [4.78, 5) is 0. The number of halogens is 1. The van der Waals surface area contributed by atoms with E-state index in [1.54, 1.807) is 7.11 Å². The molecular weight excluding hydrogens is 277 g/mol. The summed E-state index contributed by atoms with van der Waals surface area (Å²) in [5.41, 5.74) is 8.38. The second-order valence-electron chi connectivity index (χ2n) is 3.02. The number of rotatable bonds is 3. The Morgan fingerprint density at radius 2 is 2.23 bits per heavy atom. The van der Waals surface area contributed by atoms with Crippen LogP contribution in [0.15, 0.2) is 18.2 Å². The monoisotopic (exact) mass is 291 g/mol. The average Bonchev–Trinajstić information content (AvgIpc) is 2.10. The molecular formula is C10H14INO. The van der Waals surface area contributed by atoms with Crippen LogP contribution in [0.4, 0.5) is 0 Å². The summed E-state index contributed by atoms with van der Waals surface area (Å²) in [6.45, 7) is 2.66. The highest BCUT2D eigenvalue weighted by Crippen LogP contribution is 2.20. The molecule has 0 aliphatic carbocycles. The maximum Gasteiger partial charge on any atom is 0.0655 e. The lowest BCUT2D eigenvalue weighted by Crippen LogP contribution is -2.17. The van der Waals surface area contributed by atoms with Gasteiger partial charge in [0.1, 0.15) is 0 Å². The van der Waals surface area contributed by atoms with Crippen molar-refractivity contribution in [3.05, 3.63) is 32.9 Å². The van der Waals surface area contributed by atoms with Crippen molar-refractivity contribution >= 4 is 22.6 Å². The van der Waals surface area contributed by atoms with Crippen molar-refractivity contribution in [2.24, 2.45) is 5.73 Å². The van der Waals surface area contributed by atoms with Crippen molar-refractivity contribution in [2.45, 2.75) is 13.0 Å². The van der Waals surface area contributed by atoms with E-state index < -0.39 is 0 Å². The molecule has 0 aliphatic rings. The zero-order valence-corrected chi connectivity index (χ0v) is 10.0. The van der Waals surface area contributed by atoms with Gasteiger partial charge in [0.25, 0.3) is 0 Å². The van der Waals surface area contributed by atoms with Gasteiger partial charge in [-0.2, -0.15) is 0 Å². The minimum absolute atomic E-state index is 0.0142. The molecule has 0 fully saturated rings. The molecule has 72 valence electrons. The predicted molar refractivity (Wildman–Crippen MR) is 62.7 cm³/mol. The van der Waals surface area contributed by atoms with Crippen LogP contribution in [0.25, 0.3) is 0 Å². The summed E-state index contributed by atoms with van der Waals surface area (Å²) >= 11 is 2.32. The molecule has 2 nitrogen and oxygen atoms in total. The van der Waals surface area contributed by atoms with E-state index in [-0.39, 0.29) is 6.04 Å². The Balaban J connectivity index is 2.93. The summed E-state index contributed by atoms with van der Waals surface area (Å²) in [5, 5.41) is 0. The minimum Gasteiger partial charge on any atom is -0.383 e. The fourth-order valence-corrected chi connectivity index (χ4v) is 1.81. The quantitative estimate of drug-likeness (QED) is 0.867. The standard InChI is InChI=1S/C10H14INO/c1-7-8(10(12)6-13-2)4-3-5-9(7)11/h3-5,10H,6,12H2,1-2H3/t10-/m1/s1. The Bertz CT molecular complexity index is 288. The molecule has 0 unspecified atom stereocenters. The molecule has 0 saturated carbocycles. The summed E-state index contributed by atoms with van der Waals surface area (Å²) in [6, 6.07) is 6.15. The minimum atomic E-state index is -0.0142. The molecule has 2 N–H and O–H groups in total. The Morgan fingerprint density at radius 3 is 2.85 bits per heavy atom. The summed E-state index contributed by atoms with van der Waals surface area (Å²) in [7, 11) is 1.67. The number of ether oxygens (including phenoxy) is 1. The number of nitrogens with two attached hydrogens (primary N) is 1. The van der Waals surface area contributed by atoms with Gasteiger partial charge in [-0.15, -0.1) is 0 Å². The summed E-state index contributed by atoms with van der Waals surface area (Å²) in [6.07, 6.45) is 0. The fraction of sp³-hybridized carbons (Fsp3) is 0.400. The topological polar surface area (TPSA) is 35.2 Å². The van der Waals surface area contributed by atoms with E-state index in [1.165, 1.54) is 14.7 Å². The molecule has 1 atom stereocenters. The van der Waals surface area contributed by atoms with Crippen LogP contribution in [-0.4, -0.2) is 13.7 Å². The maximum atomic E-state index is 5.95. The van der Waals surface area contributed by atoms with Gasteiger partial charge in [-0.3, -0.25) is 0 Å². The lowest BCUT2D eigenvalue weighted by Gasteiger charge is -2.14. The molecule has 0 aromatic heterocycles. The molecule has 1 rings (SSSR count). The van der Waals surface area contributed by atoms with E-state index in [2.05, 4.69) is 41.6 Å². The van der Waals surface area contributed by atoms with E-state index >= 15 is 0 Å². The van der Waals surface area contributed by atoms with E-state index in [4.69, 9.17) is 10.5 Å². The summed E-state index contributed by atoms with van der Waals surface area (Å²) < 4.78 is 6.28. The lowest BCUT2D eigenvalue weighted by atomic mass is 10.0. The van der Waals surface area contributed by atoms with Gasteiger partial charge in [0.05, 0.1) is 12.6 Å². The van der Waals surface area contributed by atoms with Gasteiger partial charge < -0.3 is 10.5 Å². The van der Waals surface area contributed by atoms with Crippen LogP contribution in [0.2, 0.25) is 0 Å². The smallest absolute Gasteiger partial charge is 0.0655 e. The largest absolute Gasteiger partial charge is 0.383 e. The number of benzene rings is 1. The van der Waals surface area contributed by atoms with Gasteiger partial charge in [-0.1, -0.05) is 12.1 Å². The highest BCUT2D eigenvalue weighted by atomic mass is 127. The second-order valence-corrected chi connectivity index (χ2v) is 4.18. The molecule has 0 radical (unpaired) electrons. The number of hydrogen-bond donors (Lipinski definition) is 1. The first-order valence-corrected chi connectivity index (χ1v) is 5.24. The van der Waals surface area contributed by atoms with Crippen LogP contribution in [0.3, 0.4) is 0 Å². The van der Waals surface area contributed by atoms with Gasteiger partial charge in [0, 0.05) is 10.7 Å². The van der Waals surface area contributed by atoms with Gasteiger partial charge >= 0.3 is 0 Å². The van der Waals surface area contributed by atoms with Crippen LogP contribution in [0, 0.1) is 10.5 Å². The molecule has 1 aromatic rings. The van der Waals surface area contributed by atoms with Crippen LogP contribution in [0.5, 0.6) is 0 Å². The average molecular weight is 291 g/mol. The van der Waals surface area contributed by atoms with E-state index in [0.29, 0.717) is 6.61 Å². The van der Waals surface area contributed by atoms with E-state index in [0.717, 1.165) is 0 Å². The first-order valence-electron chi connectivity index (χ1n) is 4.16. The molecule has 0 amide bonds. The fourth-order valence-electron chi connectivity index (χ4n) is 1.30. The highest BCUT2D eigenvalue weighted by Gasteiger charge is 2.09. The molecule has 0 spiro atoms. The van der Waals surface area contributed by atoms with Crippen molar-refractivity contribution in [3.8, 4) is 0 Å². The number of hydrogen-bond acceptors (Lipinski definition) is 2. The predicted octanol–water partition coefficient (Wildman–Crippen LogP) is 2.25. The van der Waals surface area contributed by atoms with Gasteiger partial charge in [-0.05, 0) is 46.7 Å². The van der Waals surface area contributed by atoms with Crippen molar-refractivity contribution in [2.75, 3.05) is 13.7 Å². The maximum absolute atomic E-state index is 5.95. The van der Waals surface area contributed by atoms with Gasteiger partial charge in [0.15, 0.2) is 0 Å². The zero-order chi connectivity index (χ0) is 9.84. The van der Waals surface area contributed by atoms with Gasteiger partial charge in [-0.25, -0.2) is 0 Å². The van der Waals surface area contributed by atoms with Crippen LogP contribution in [-0.2, 0) is 4.74 Å². The van der Waals surface area contributed by atoms with Gasteiger partial charge in [0.2, 0.25) is 0 Å². The molecule has 1 aromatic carbocycles. The van der Waals surface area contributed by atoms with Crippen molar-refractivity contribution in [3.63, 3.8) is 0 Å². The van der Waals surface area contributed by atoms with Crippen molar-refractivity contribution in [1.82, 2.24) is 0 Å². The van der Waals surface area contributed by atoms with E-state index in [1.807, 2.05) is 6.07 Å². The Hall–Kier alpha value is -0.130. The molecule has 0 heterocycles. The van der Waals surface area contributed by atoms with Crippen LogP contribution >= 0.6 is 22.6 Å². The second kappa shape index (κ2) is 4.93. The number of methoxy groups -OCH3 is 1. The third-order valence-electron chi connectivity index (χ3n) is 2.06. The van der Waals surface area contributed by atoms with Crippen LogP contribution in [0.1, 0.15) is 17.2 Å². The SMILES string of the molecule is COC[C@@H](N)c1cccc(I)c1C. The first kappa shape index (κ1) is 10.9.